The number of hydrogen-bond donors (Lipinski definition) is 1. The third kappa shape index (κ3) is 3.11. The maximum atomic E-state index is 11.0. The fraction of sp³-hybridized carbons (Fsp3) is 0.154. The molecule has 0 aliphatic rings. The van der Waals surface area contributed by atoms with Crippen molar-refractivity contribution in [3.05, 3.63) is 51.3 Å². The second-order valence-corrected chi connectivity index (χ2v) is 4.29. The molecule has 0 radical (unpaired) electrons. The SMILES string of the molecule is Cc1ccc(Oc2ncc(C(=O)O)c(C)n2)c([N+](=O)[O-])c1. The highest BCUT2D eigenvalue weighted by atomic mass is 16.6. The van der Waals surface area contributed by atoms with Crippen LogP contribution in [0.2, 0.25) is 0 Å². The molecule has 1 aromatic carbocycles. The molecule has 2 rings (SSSR count). The van der Waals surface area contributed by atoms with E-state index < -0.39 is 10.9 Å². The molecule has 0 aliphatic carbocycles. The number of rotatable bonds is 4. The van der Waals surface area contributed by atoms with Crippen molar-refractivity contribution in [2.24, 2.45) is 0 Å². The Morgan fingerprint density at radius 3 is 2.67 bits per heavy atom. The summed E-state index contributed by atoms with van der Waals surface area (Å²) in [6.45, 7) is 3.21. The minimum atomic E-state index is -1.15. The Hall–Kier alpha value is -3.03. The van der Waals surface area contributed by atoms with Crippen LogP contribution in [-0.2, 0) is 0 Å². The van der Waals surface area contributed by atoms with E-state index in [4.69, 9.17) is 9.84 Å². The van der Waals surface area contributed by atoms with E-state index in [1.54, 1.807) is 13.0 Å². The molecular formula is C13H11N3O5. The highest BCUT2D eigenvalue weighted by Gasteiger charge is 2.18. The summed E-state index contributed by atoms with van der Waals surface area (Å²) in [5.74, 6) is -1.16. The molecule has 0 spiro atoms. The lowest BCUT2D eigenvalue weighted by atomic mass is 10.2. The van der Waals surface area contributed by atoms with E-state index in [0.717, 1.165) is 6.20 Å². The van der Waals surface area contributed by atoms with Crippen LogP contribution < -0.4 is 4.74 Å². The zero-order chi connectivity index (χ0) is 15.6. The molecule has 0 atom stereocenters. The molecular weight excluding hydrogens is 278 g/mol. The van der Waals surface area contributed by atoms with Gasteiger partial charge in [-0.15, -0.1) is 0 Å². The van der Waals surface area contributed by atoms with Crippen LogP contribution >= 0.6 is 0 Å². The molecule has 0 amide bonds. The predicted molar refractivity (Wildman–Crippen MR) is 71.6 cm³/mol. The number of ether oxygens (including phenoxy) is 1. The van der Waals surface area contributed by atoms with Gasteiger partial charge in [-0.1, -0.05) is 6.07 Å². The molecule has 0 fully saturated rings. The van der Waals surface area contributed by atoms with Gasteiger partial charge in [0.1, 0.15) is 0 Å². The van der Waals surface area contributed by atoms with Crippen LogP contribution in [0.25, 0.3) is 0 Å². The maximum Gasteiger partial charge on any atom is 0.339 e. The number of carbonyl (C=O) groups is 1. The van der Waals surface area contributed by atoms with Crippen LogP contribution in [-0.4, -0.2) is 26.0 Å². The fourth-order valence-electron chi connectivity index (χ4n) is 1.66. The molecule has 2 aromatic rings. The maximum absolute atomic E-state index is 11.0. The summed E-state index contributed by atoms with van der Waals surface area (Å²) < 4.78 is 5.28. The van der Waals surface area contributed by atoms with Crippen LogP contribution in [0.3, 0.4) is 0 Å². The smallest absolute Gasteiger partial charge is 0.339 e. The van der Waals surface area contributed by atoms with E-state index in [9.17, 15) is 14.9 Å². The number of nitro benzene ring substituents is 1. The summed E-state index contributed by atoms with van der Waals surface area (Å²) in [7, 11) is 0. The number of benzene rings is 1. The highest BCUT2D eigenvalue weighted by Crippen LogP contribution is 2.30. The third-order valence-electron chi connectivity index (χ3n) is 2.70. The molecule has 1 heterocycles. The second kappa shape index (κ2) is 5.53. The number of aromatic carboxylic acids is 1. The van der Waals surface area contributed by atoms with E-state index >= 15 is 0 Å². The van der Waals surface area contributed by atoms with Gasteiger partial charge in [0.2, 0.25) is 5.75 Å². The fourth-order valence-corrected chi connectivity index (χ4v) is 1.66. The number of hydrogen-bond acceptors (Lipinski definition) is 6. The van der Waals surface area contributed by atoms with Crippen molar-refractivity contribution < 1.29 is 19.6 Å². The largest absolute Gasteiger partial charge is 0.478 e. The molecule has 0 aliphatic heterocycles. The van der Waals surface area contributed by atoms with E-state index in [2.05, 4.69) is 9.97 Å². The van der Waals surface area contributed by atoms with Crippen LogP contribution in [0.15, 0.2) is 24.4 Å². The number of aromatic nitrogens is 2. The Morgan fingerprint density at radius 2 is 2.10 bits per heavy atom. The number of nitrogens with zero attached hydrogens (tertiary/aromatic N) is 3. The number of nitro groups is 1. The van der Waals surface area contributed by atoms with Gasteiger partial charge < -0.3 is 9.84 Å². The molecule has 0 saturated heterocycles. The summed E-state index contributed by atoms with van der Waals surface area (Å²) in [6.07, 6.45) is 1.10. The third-order valence-corrected chi connectivity index (χ3v) is 2.70. The number of carboxylic acid groups (broad SMARTS) is 1. The second-order valence-electron chi connectivity index (χ2n) is 4.29. The first-order valence-corrected chi connectivity index (χ1v) is 5.88. The van der Waals surface area contributed by atoms with Crippen molar-refractivity contribution in [3.63, 3.8) is 0 Å². The Kier molecular flexibility index (Phi) is 3.79. The topological polar surface area (TPSA) is 115 Å². The molecule has 8 nitrogen and oxygen atoms in total. The number of carboxylic acids is 1. The van der Waals surface area contributed by atoms with Gasteiger partial charge in [0.15, 0.2) is 0 Å². The Labute approximate surface area is 119 Å². The summed E-state index contributed by atoms with van der Waals surface area (Å²) in [4.78, 5) is 28.9. The van der Waals surface area contributed by atoms with Crippen molar-refractivity contribution in [1.82, 2.24) is 9.97 Å². The van der Waals surface area contributed by atoms with Gasteiger partial charge in [-0.25, -0.2) is 9.78 Å². The van der Waals surface area contributed by atoms with Gasteiger partial charge >= 0.3 is 17.7 Å². The van der Waals surface area contributed by atoms with Crippen molar-refractivity contribution in [1.29, 1.82) is 0 Å². The lowest BCUT2D eigenvalue weighted by Crippen LogP contribution is -2.04. The zero-order valence-corrected chi connectivity index (χ0v) is 11.2. The van der Waals surface area contributed by atoms with E-state index in [1.807, 2.05) is 0 Å². The first-order valence-electron chi connectivity index (χ1n) is 5.88. The Bertz CT molecular complexity index is 730. The first-order chi connectivity index (χ1) is 9.88. The van der Waals surface area contributed by atoms with Crippen molar-refractivity contribution in [2.45, 2.75) is 13.8 Å². The minimum absolute atomic E-state index is 0.00641. The van der Waals surface area contributed by atoms with Gasteiger partial charge in [0.05, 0.1) is 16.2 Å². The molecule has 8 heteroatoms. The molecule has 21 heavy (non-hydrogen) atoms. The zero-order valence-electron chi connectivity index (χ0n) is 11.2. The van der Waals surface area contributed by atoms with Crippen LogP contribution in [0.5, 0.6) is 11.8 Å². The summed E-state index contributed by atoms with van der Waals surface area (Å²) in [6, 6.07) is 4.32. The van der Waals surface area contributed by atoms with Gasteiger partial charge in [-0.05, 0) is 25.5 Å². The van der Waals surface area contributed by atoms with Crippen molar-refractivity contribution >= 4 is 11.7 Å². The molecule has 1 aromatic heterocycles. The predicted octanol–water partition coefficient (Wildman–Crippen LogP) is 2.49. The average molecular weight is 289 g/mol. The Balaban J connectivity index is 2.37. The molecule has 108 valence electrons. The van der Waals surface area contributed by atoms with Crippen molar-refractivity contribution in [3.8, 4) is 11.8 Å². The van der Waals surface area contributed by atoms with E-state index in [-0.39, 0.29) is 28.7 Å². The lowest BCUT2D eigenvalue weighted by molar-refractivity contribution is -0.385. The summed E-state index contributed by atoms with van der Waals surface area (Å²) >= 11 is 0. The van der Waals surface area contributed by atoms with Crippen LogP contribution in [0, 0.1) is 24.0 Å². The molecule has 1 N–H and O–H groups in total. The number of aryl methyl sites for hydroxylation is 2. The summed E-state index contributed by atoms with van der Waals surface area (Å²) in [5, 5.41) is 19.9. The molecule has 0 bridgehead atoms. The minimum Gasteiger partial charge on any atom is -0.478 e. The highest BCUT2D eigenvalue weighted by molar-refractivity contribution is 5.88. The standard InChI is InChI=1S/C13H11N3O5/c1-7-3-4-11(10(5-7)16(19)20)21-13-14-6-9(12(17)18)8(2)15-13/h3-6H,1-2H3,(H,17,18). The lowest BCUT2D eigenvalue weighted by Gasteiger charge is -2.06. The normalized spacial score (nSPS) is 10.2. The van der Waals surface area contributed by atoms with Gasteiger partial charge in [-0.2, -0.15) is 4.98 Å². The van der Waals surface area contributed by atoms with E-state index in [0.29, 0.717) is 5.56 Å². The van der Waals surface area contributed by atoms with E-state index in [1.165, 1.54) is 19.1 Å². The molecule has 0 unspecified atom stereocenters. The van der Waals surface area contributed by atoms with Crippen molar-refractivity contribution in [2.75, 3.05) is 0 Å². The van der Waals surface area contributed by atoms with Gasteiger partial charge in [0.25, 0.3) is 0 Å². The van der Waals surface area contributed by atoms with Crippen LogP contribution in [0.1, 0.15) is 21.6 Å². The first kappa shape index (κ1) is 14.4. The quantitative estimate of drug-likeness (QED) is 0.678. The van der Waals surface area contributed by atoms with Crippen LogP contribution in [0.4, 0.5) is 5.69 Å². The van der Waals surface area contributed by atoms with Gasteiger partial charge in [0, 0.05) is 12.3 Å². The molecule has 0 saturated carbocycles. The average Bonchev–Trinajstić information content (AvgIpc) is 2.40. The van der Waals surface area contributed by atoms with Gasteiger partial charge in [-0.3, -0.25) is 10.1 Å². The summed E-state index contributed by atoms with van der Waals surface area (Å²) in [5.41, 5.74) is 0.661. The Morgan fingerprint density at radius 1 is 1.38 bits per heavy atom. The monoisotopic (exact) mass is 289 g/mol.